The number of carbonyl (C=O) groups is 1. The van der Waals surface area contributed by atoms with E-state index in [0.29, 0.717) is 12.5 Å². The maximum Gasteiger partial charge on any atom is 0.244 e. The van der Waals surface area contributed by atoms with Crippen LogP contribution < -0.4 is 15.8 Å². The molecule has 1 amide bonds. The number of primary amides is 1. The fraction of sp³-hybridized carbons (Fsp3) is 0.500. The monoisotopic (exact) mass is 287 g/mol. The molecule has 0 fully saturated rings. The van der Waals surface area contributed by atoms with Crippen LogP contribution in [0.25, 0.3) is 0 Å². The lowest BCUT2D eigenvalue weighted by Gasteiger charge is -2.21. The van der Waals surface area contributed by atoms with E-state index < -0.39 is 21.5 Å². The van der Waals surface area contributed by atoms with Gasteiger partial charge in [0.2, 0.25) is 21.9 Å². The van der Waals surface area contributed by atoms with E-state index in [1.54, 1.807) is 0 Å². The second kappa shape index (κ2) is 5.49. The first-order chi connectivity index (χ1) is 8.69. The summed E-state index contributed by atoms with van der Waals surface area (Å²) in [5.74, 6) is -0.447. The smallest absolute Gasteiger partial charge is 0.244 e. The summed E-state index contributed by atoms with van der Waals surface area (Å²) in [6, 6.07) is 0. The number of sulfonamides is 1. The van der Waals surface area contributed by atoms with Crippen LogP contribution in [0.3, 0.4) is 0 Å². The van der Waals surface area contributed by atoms with Crippen molar-refractivity contribution in [2.75, 3.05) is 11.9 Å². The molecule has 0 atom stereocenters. The van der Waals surface area contributed by atoms with Crippen LogP contribution in [-0.4, -0.2) is 36.4 Å². The number of anilines is 1. The Kier molecular flexibility index (Phi) is 4.43. The van der Waals surface area contributed by atoms with Crippen molar-refractivity contribution in [2.24, 2.45) is 5.73 Å². The number of nitrogens with zero attached hydrogens (tertiary/aromatic N) is 2. The zero-order valence-electron chi connectivity index (χ0n) is 11.0. The zero-order chi connectivity index (χ0) is 14.7. The number of hydrogen-bond acceptors (Lipinski definition) is 6. The van der Waals surface area contributed by atoms with E-state index in [4.69, 9.17) is 5.73 Å². The van der Waals surface area contributed by atoms with Crippen LogP contribution in [0, 0.1) is 0 Å². The highest BCUT2D eigenvalue weighted by molar-refractivity contribution is 7.89. The number of carbonyl (C=O) groups excluding carboxylic acids is 1. The minimum Gasteiger partial charge on any atom is -0.368 e. The maximum atomic E-state index is 12.0. The maximum absolute atomic E-state index is 12.0. The van der Waals surface area contributed by atoms with Crippen molar-refractivity contribution in [3.63, 3.8) is 0 Å². The van der Waals surface area contributed by atoms with Gasteiger partial charge in [-0.15, -0.1) is 0 Å². The Morgan fingerprint density at radius 1 is 1.37 bits per heavy atom. The fourth-order valence-electron chi connectivity index (χ4n) is 1.15. The molecule has 1 aromatic heterocycles. The predicted molar refractivity (Wildman–Crippen MR) is 69.8 cm³/mol. The van der Waals surface area contributed by atoms with Gasteiger partial charge in [-0.3, -0.25) is 4.79 Å². The lowest BCUT2D eigenvalue weighted by molar-refractivity contribution is -0.122. The highest BCUT2D eigenvalue weighted by atomic mass is 32.2. The third kappa shape index (κ3) is 3.86. The molecule has 4 N–H and O–H groups in total. The van der Waals surface area contributed by atoms with E-state index in [-0.39, 0.29) is 4.90 Å². The molecule has 1 rings (SSSR count). The van der Waals surface area contributed by atoms with E-state index in [1.165, 1.54) is 13.8 Å². The van der Waals surface area contributed by atoms with E-state index in [0.717, 1.165) is 12.4 Å². The molecule has 0 radical (unpaired) electrons. The average Bonchev–Trinajstić information content (AvgIpc) is 2.28. The largest absolute Gasteiger partial charge is 0.368 e. The van der Waals surface area contributed by atoms with Crippen LogP contribution in [-0.2, 0) is 14.8 Å². The third-order valence-electron chi connectivity index (χ3n) is 2.28. The van der Waals surface area contributed by atoms with Crippen LogP contribution in [0.5, 0.6) is 0 Å². The first-order valence-electron chi connectivity index (χ1n) is 5.59. The molecule has 0 spiro atoms. The summed E-state index contributed by atoms with van der Waals surface area (Å²) in [5.41, 5.74) is 3.72. The summed E-state index contributed by atoms with van der Waals surface area (Å²) < 4.78 is 26.2. The summed E-state index contributed by atoms with van der Waals surface area (Å²) in [7, 11) is -3.90. The molecule has 1 heterocycles. The topological polar surface area (TPSA) is 127 Å². The lowest BCUT2D eigenvalue weighted by atomic mass is 10.1. The number of hydrogen-bond donors (Lipinski definition) is 3. The Morgan fingerprint density at radius 3 is 2.32 bits per heavy atom. The van der Waals surface area contributed by atoms with Gasteiger partial charge in [0.25, 0.3) is 0 Å². The van der Waals surface area contributed by atoms with Gasteiger partial charge in [-0.1, -0.05) is 0 Å². The molecule has 106 valence electrons. The van der Waals surface area contributed by atoms with E-state index in [2.05, 4.69) is 20.0 Å². The number of amides is 1. The number of nitrogens with two attached hydrogens (primary N) is 1. The Labute approximate surface area is 111 Å². The predicted octanol–water partition coefficient (Wildman–Crippen LogP) is -0.549. The van der Waals surface area contributed by atoms with Crippen LogP contribution >= 0.6 is 0 Å². The van der Waals surface area contributed by atoms with Crippen molar-refractivity contribution in [3.8, 4) is 0 Å². The molecular formula is C10H17N5O3S. The molecule has 0 saturated heterocycles. The molecule has 0 aliphatic heterocycles. The molecule has 9 heteroatoms. The van der Waals surface area contributed by atoms with Crippen LogP contribution in [0.2, 0.25) is 0 Å². The highest BCUT2D eigenvalue weighted by Crippen LogP contribution is 2.12. The normalized spacial score (nSPS) is 12.2. The first-order valence-corrected chi connectivity index (χ1v) is 7.07. The number of aromatic nitrogens is 2. The second-order valence-electron chi connectivity index (χ2n) is 4.37. The molecule has 0 aliphatic carbocycles. The van der Waals surface area contributed by atoms with Gasteiger partial charge in [-0.2, -0.15) is 4.72 Å². The van der Waals surface area contributed by atoms with Gasteiger partial charge in [0.1, 0.15) is 10.4 Å². The molecular weight excluding hydrogens is 270 g/mol. The Bertz CT molecular complexity index is 553. The summed E-state index contributed by atoms with van der Waals surface area (Å²) in [6.45, 7) is 5.24. The Morgan fingerprint density at radius 2 is 1.89 bits per heavy atom. The van der Waals surface area contributed by atoms with E-state index >= 15 is 0 Å². The Hall–Kier alpha value is -1.74. The van der Waals surface area contributed by atoms with Crippen molar-refractivity contribution in [3.05, 3.63) is 12.4 Å². The SMILES string of the molecule is CCNc1ncc(S(=O)(=O)NC(C)(C)C(N)=O)cn1. The number of rotatable bonds is 6. The quantitative estimate of drug-likeness (QED) is 0.644. The van der Waals surface area contributed by atoms with Crippen molar-refractivity contribution in [1.82, 2.24) is 14.7 Å². The summed E-state index contributed by atoms with van der Waals surface area (Å²) in [5, 5.41) is 2.84. The molecule has 0 aromatic carbocycles. The van der Waals surface area contributed by atoms with Gasteiger partial charge in [0.15, 0.2) is 0 Å². The minimum atomic E-state index is -3.90. The van der Waals surface area contributed by atoms with Crippen molar-refractivity contribution in [2.45, 2.75) is 31.2 Å². The van der Waals surface area contributed by atoms with Crippen molar-refractivity contribution in [1.29, 1.82) is 0 Å². The van der Waals surface area contributed by atoms with Crippen molar-refractivity contribution < 1.29 is 13.2 Å². The lowest BCUT2D eigenvalue weighted by Crippen LogP contribution is -2.52. The van der Waals surface area contributed by atoms with Gasteiger partial charge in [0, 0.05) is 6.54 Å². The standard InChI is InChI=1S/C10H17N5O3S/c1-4-12-9-13-5-7(6-14-9)19(17,18)15-10(2,3)8(11)16/h5-6,15H,4H2,1-3H3,(H2,11,16)(H,12,13,14). The molecule has 8 nitrogen and oxygen atoms in total. The summed E-state index contributed by atoms with van der Waals surface area (Å²) in [4.78, 5) is 18.7. The van der Waals surface area contributed by atoms with Crippen LogP contribution in [0.4, 0.5) is 5.95 Å². The molecule has 19 heavy (non-hydrogen) atoms. The molecule has 0 bridgehead atoms. The minimum absolute atomic E-state index is 0.136. The van der Waals surface area contributed by atoms with E-state index in [1.807, 2.05) is 6.92 Å². The molecule has 0 saturated carbocycles. The third-order valence-corrected chi connectivity index (χ3v) is 3.89. The highest BCUT2D eigenvalue weighted by Gasteiger charge is 2.31. The Balaban J connectivity index is 2.98. The average molecular weight is 287 g/mol. The van der Waals surface area contributed by atoms with Gasteiger partial charge in [-0.25, -0.2) is 18.4 Å². The second-order valence-corrected chi connectivity index (χ2v) is 6.05. The molecule has 1 aromatic rings. The van der Waals surface area contributed by atoms with Gasteiger partial charge in [0.05, 0.1) is 12.4 Å². The molecule has 0 aliphatic rings. The van der Waals surface area contributed by atoms with Gasteiger partial charge < -0.3 is 11.1 Å². The summed E-state index contributed by atoms with van der Waals surface area (Å²) in [6.07, 6.45) is 2.31. The van der Waals surface area contributed by atoms with Crippen LogP contribution in [0.15, 0.2) is 17.3 Å². The zero-order valence-corrected chi connectivity index (χ0v) is 11.8. The van der Waals surface area contributed by atoms with Crippen LogP contribution in [0.1, 0.15) is 20.8 Å². The first kappa shape index (κ1) is 15.3. The van der Waals surface area contributed by atoms with Gasteiger partial charge >= 0.3 is 0 Å². The fourth-order valence-corrected chi connectivity index (χ4v) is 2.42. The van der Waals surface area contributed by atoms with Crippen molar-refractivity contribution >= 4 is 21.9 Å². The van der Waals surface area contributed by atoms with E-state index in [9.17, 15) is 13.2 Å². The molecule has 0 unspecified atom stereocenters. The number of nitrogens with one attached hydrogen (secondary N) is 2. The summed E-state index contributed by atoms with van der Waals surface area (Å²) >= 11 is 0. The van der Waals surface area contributed by atoms with Gasteiger partial charge in [-0.05, 0) is 20.8 Å².